The molecule has 3 aromatic rings. The molecule has 4 heteroatoms. The van der Waals surface area contributed by atoms with Gasteiger partial charge in [-0.3, -0.25) is 4.90 Å². The van der Waals surface area contributed by atoms with Crippen molar-refractivity contribution in [2.24, 2.45) is 0 Å². The average molecular weight is 397 g/mol. The number of aromatic nitrogens is 1. The maximum atomic E-state index is 6.95. The number of benzene rings is 2. The number of nitrogens with one attached hydrogen (secondary N) is 1. The van der Waals surface area contributed by atoms with Gasteiger partial charge in [0, 0.05) is 46.7 Å². The molecule has 1 aliphatic carbocycles. The van der Waals surface area contributed by atoms with Crippen LogP contribution in [-0.2, 0) is 6.42 Å². The van der Waals surface area contributed by atoms with E-state index in [1.54, 1.807) is 0 Å². The first-order valence-electron chi connectivity index (χ1n) is 9.62. The molecule has 2 nitrogen and oxygen atoms in total. The largest absolute Gasteiger partial charge is 0.361 e. The highest BCUT2D eigenvalue weighted by molar-refractivity contribution is 6.31. The molecule has 2 aromatic carbocycles. The molecule has 27 heavy (non-hydrogen) atoms. The topological polar surface area (TPSA) is 19.0 Å². The van der Waals surface area contributed by atoms with Crippen LogP contribution < -0.4 is 0 Å². The van der Waals surface area contributed by atoms with Crippen LogP contribution in [0.4, 0.5) is 0 Å². The number of rotatable bonds is 3. The zero-order valence-corrected chi connectivity index (χ0v) is 16.6. The lowest BCUT2D eigenvalue weighted by Crippen LogP contribution is -2.38. The van der Waals surface area contributed by atoms with Crippen molar-refractivity contribution in [3.05, 3.63) is 76.5 Å². The molecule has 0 fully saturated rings. The third kappa shape index (κ3) is 3.10. The Morgan fingerprint density at radius 3 is 2.85 bits per heavy atom. The van der Waals surface area contributed by atoms with Gasteiger partial charge in [0.2, 0.25) is 0 Å². The normalized spacial score (nSPS) is 21.3. The van der Waals surface area contributed by atoms with Crippen molar-refractivity contribution in [3.63, 3.8) is 0 Å². The fourth-order valence-corrected chi connectivity index (χ4v) is 5.26. The molecule has 2 aliphatic rings. The van der Waals surface area contributed by atoms with E-state index in [4.69, 9.17) is 23.2 Å². The van der Waals surface area contributed by atoms with Crippen LogP contribution in [0.3, 0.4) is 0 Å². The smallest absolute Gasteiger partial charge is 0.0922 e. The number of aryl methyl sites for hydroxylation is 1. The molecule has 2 heterocycles. The van der Waals surface area contributed by atoms with Crippen molar-refractivity contribution < 1.29 is 0 Å². The van der Waals surface area contributed by atoms with Crippen LogP contribution in [-0.4, -0.2) is 28.5 Å². The lowest BCUT2D eigenvalue weighted by atomic mass is 9.96. The number of halogens is 2. The minimum absolute atomic E-state index is 0.0632. The Morgan fingerprint density at radius 2 is 2.00 bits per heavy atom. The van der Waals surface area contributed by atoms with E-state index in [2.05, 4.69) is 52.5 Å². The van der Waals surface area contributed by atoms with E-state index in [0.29, 0.717) is 5.92 Å². The van der Waals surface area contributed by atoms with Crippen molar-refractivity contribution in [1.29, 1.82) is 0 Å². The number of aromatic amines is 1. The van der Waals surface area contributed by atoms with E-state index in [0.717, 1.165) is 42.9 Å². The molecule has 5 rings (SSSR count). The Balaban J connectivity index is 1.35. The number of H-pyrrole nitrogens is 1. The summed E-state index contributed by atoms with van der Waals surface area (Å²) < 4.78 is 0. The first-order valence-corrected chi connectivity index (χ1v) is 10.4. The van der Waals surface area contributed by atoms with E-state index < -0.39 is 0 Å². The Hall–Kier alpha value is -1.74. The Kier molecular flexibility index (Phi) is 4.51. The summed E-state index contributed by atoms with van der Waals surface area (Å²) in [5, 5.41) is 2.01. The van der Waals surface area contributed by atoms with E-state index in [1.807, 2.05) is 12.1 Å². The Labute approximate surface area is 169 Å². The second-order valence-electron chi connectivity index (χ2n) is 7.58. The summed E-state index contributed by atoms with van der Waals surface area (Å²) in [7, 11) is 0. The van der Waals surface area contributed by atoms with Gasteiger partial charge in [-0.1, -0.05) is 48.0 Å². The van der Waals surface area contributed by atoms with Gasteiger partial charge in [0.1, 0.15) is 0 Å². The van der Waals surface area contributed by atoms with Gasteiger partial charge in [-0.2, -0.15) is 0 Å². The van der Waals surface area contributed by atoms with Crippen LogP contribution in [0.2, 0.25) is 5.02 Å². The zero-order valence-electron chi connectivity index (χ0n) is 15.1. The maximum absolute atomic E-state index is 6.95. The third-order valence-corrected chi connectivity index (χ3v) is 6.91. The highest BCUT2D eigenvalue weighted by Crippen LogP contribution is 2.40. The average Bonchev–Trinajstić information content (AvgIpc) is 3.31. The van der Waals surface area contributed by atoms with Crippen molar-refractivity contribution >= 4 is 39.7 Å². The van der Waals surface area contributed by atoms with Crippen molar-refractivity contribution in [3.8, 4) is 0 Å². The summed E-state index contributed by atoms with van der Waals surface area (Å²) in [5.74, 6) is 0.438. The van der Waals surface area contributed by atoms with Gasteiger partial charge in [-0.25, -0.2) is 0 Å². The number of hydrogen-bond donors (Lipinski definition) is 1. The predicted octanol–water partition coefficient (Wildman–Crippen LogP) is 6.21. The number of fused-ring (bicyclic) bond motifs is 2. The van der Waals surface area contributed by atoms with Crippen molar-refractivity contribution in [2.75, 3.05) is 13.1 Å². The summed E-state index contributed by atoms with van der Waals surface area (Å²) in [6.07, 6.45) is 7.78. The highest BCUT2D eigenvalue weighted by atomic mass is 35.5. The van der Waals surface area contributed by atoms with Crippen LogP contribution in [0.1, 0.15) is 35.4 Å². The standard InChI is InChI=1S/C23H22Cl2N2/c24-17-6-8-19-21(14-26-22(19)13-17)16-9-11-27(12-10-16)23(25)20-7-5-15-3-1-2-4-18(15)20/h1-4,6,8-9,13-14,20,23,26H,5,7,10-12H2/t20?,23-/m1/s1. The van der Waals surface area contributed by atoms with Gasteiger partial charge in [0.15, 0.2) is 0 Å². The molecule has 0 radical (unpaired) electrons. The van der Waals surface area contributed by atoms with Gasteiger partial charge in [0.25, 0.3) is 0 Å². The van der Waals surface area contributed by atoms with Crippen molar-refractivity contribution in [1.82, 2.24) is 9.88 Å². The van der Waals surface area contributed by atoms with Gasteiger partial charge in [-0.05, 0) is 48.1 Å². The summed E-state index contributed by atoms with van der Waals surface area (Å²) in [4.78, 5) is 5.77. The predicted molar refractivity (Wildman–Crippen MR) is 115 cm³/mol. The Bertz CT molecular complexity index is 1020. The van der Waals surface area contributed by atoms with Gasteiger partial charge in [-0.15, -0.1) is 11.6 Å². The molecule has 0 amide bonds. The molecule has 0 spiro atoms. The maximum Gasteiger partial charge on any atom is 0.0922 e. The highest BCUT2D eigenvalue weighted by Gasteiger charge is 2.32. The number of nitrogens with zero attached hydrogens (tertiary/aromatic N) is 1. The molecule has 0 bridgehead atoms. The summed E-state index contributed by atoms with van der Waals surface area (Å²) in [6.45, 7) is 1.90. The SMILES string of the molecule is Clc1ccc2c(C3=CCN([C@@H](Cl)C4CCc5ccccc54)CC3)c[nH]c2c1. The minimum Gasteiger partial charge on any atom is -0.361 e. The summed E-state index contributed by atoms with van der Waals surface area (Å²) >= 11 is 13.1. The quantitative estimate of drug-likeness (QED) is 0.412. The number of alkyl halides is 1. The lowest BCUT2D eigenvalue weighted by molar-refractivity contribution is 0.249. The molecule has 0 saturated heterocycles. The molecule has 2 atom stereocenters. The molecule has 1 aliphatic heterocycles. The monoisotopic (exact) mass is 396 g/mol. The zero-order chi connectivity index (χ0) is 18.4. The molecule has 138 valence electrons. The third-order valence-electron chi connectivity index (χ3n) is 6.09. The summed E-state index contributed by atoms with van der Waals surface area (Å²) in [6, 6.07) is 14.8. The molecular weight excluding hydrogens is 375 g/mol. The first kappa shape index (κ1) is 17.4. The van der Waals surface area contributed by atoms with E-state index >= 15 is 0 Å². The van der Waals surface area contributed by atoms with E-state index in [9.17, 15) is 0 Å². The molecule has 1 unspecified atom stereocenters. The Morgan fingerprint density at radius 1 is 1.11 bits per heavy atom. The molecule has 0 saturated carbocycles. The summed E-state index contributed by atoms with van der Waals surface area (Å²) in [5.41, 5.74) is 6.76. The van der Waals surface area contributed by atoms with Crippen LogP contribution in [0.15, 0.2) is 54.7 Å². The molecular formula is C23H22Cl2N2. The fourth-order valence-electron chi connectivity index (χ4n) is 4.65. The van der Waals surface area contributed by atoms with Crippen molar-refractivity contribution in [2.45, 2.75) is 30.7 Å². The number of hydrogen-bond acceptors (Lipinski definition) is 1. The first-order chi connectivity index (χ1) is 13.2. The van der Waals surface area contributed by atoms with Gasteiger partial charge >= 0.3 is 0 Å². The molecule has 1 N–H and O–H groups in total. The second kappa shape index (κ2) is 7.01. The molecule has 1 aromatic heterocycles. The van der Waals surface area contributed by atoms with E-state index in [1.165, 1.54) is 27.6 Å². The van der Waals surface area contributed by atoms with Gasteiger partial charge in [0.05, 0.1) is 5.50 Å². The van der Waals surface area contributed by atoms with E-state index in [-0.39, 0.29) is 5.50 Å². The van der Waals surface area contributed by atoms with Crippen LogP contribution in [0.25, 0.3) is 16.5 Å². The van der Waals surface area contributed by atoms with Crippen LogP contribution in [0, 0.1) is 0 Å². The fraction of sp³-hybridized carbons (Fsp3) is 0.304. The van der Waals surface area contributed by atoms with Crippen LogP contribution >= 0.6 is 23.2 Å². The van der Waals surface area contributed by atoms with Gasteiger partial charge < -0.3 is 4.98 Å². The lowest BCUT2D eigenvalue weighted by Gasteiger charge is -2.34. The minimum atomic E-state index is 0.0632. The van der Waals surface area contributed by atoms with Crippen LogP contribution in [0.5, 0.6) is 0 Å². The second-order valence-corrected chi connectivity index (χ2v) is 8.47.